The zero-order chi connectivity index (χ0) is 14.7. The highest BCUT2D eigenvalue weighted by Crippen LogP contribution is 2.22. The molecule has 0 unspecified atom stereocenters. The maximum Gasteiger partial charge on any atom is 0.261 e. The molecule has 3 N–H and O–H groups in total. The van der Waals surface area contributed by atoms with Gasteiger partial charge < -0.3 is 10.3 Å². The molecule has 0 saturated carbocycles. The Labute approximate surface area is 123 Å². The highest BCUT2D eigenvalue weighted by molar-refractivity contribution is 9.10. The molecule has 0 atom stereocenters. The average Bonchev–Trinajstić information content (AvgIpc) is 2.45. The molecule has 104 valence electrons. The molecular formula is C13H12BrFN4O. The fourth-order valence-electron chi connectivity index (χ4n) is 1.70. The molecule has 0 aliphatic rings. The Balaban J connectivity index is 2.38. The van der Waals surface area contributed by atoms with Crippen LogP contribution in [0.5, 0.6) is 0 Å². The normalized spacial score (nSPS) is 10.2. The van der Waals surface area contributed by atoms with E-state index in [1.807, 2.05) is 0 Å². The topological polar surface area (TPSA) is 71.2 Å². The molecule has 0 bridgehead atoms. The van der Waals surface area contributed by atoms with Gasteiger partial charge in [-0.2, -0.15) is 0 Å². The largest absolute Gasteiger partial charge is 0.311 e. The van der Waals surface area contributed by atoms with E-state index in [9.17, 15) is 9.18 Å². The van der Waals surface area contributed by atoms with Crippen LogP contribution in [-0.4, -0.2) is 17.9 Å². The van der Waals surface area contributed by atoms with E-state index in [1.54, 1.807) is 19.2 Å². The molecule has 20 heavy (non-hydrogen) atoms. The molecule has 0 fully saturated rings. The Hall–Kier alpha value is -1.99. The van der Waals surface area contributed by atoms with Crippen molar-refractivity contribution in [3.05, 3.63) is 52.4 Å². The van der Waals surface area contributed by atoms with Crippen molar-refractivity contribution in [2.45, 2.75) is 0 Å². The van der Waals surface area contributed by atoms with E-state index in [0.29, 0.717) is 10.2 Å². The molecule has 2 rings (SSSR count). The minimum atomic E-state index is -0.410. The Kier molecular flexibility index (Phi) is 4.31. The number of nitrogens with two attached hydrogens (primary N) is 1. The lowest BCUT2D eigenvalue weighted by Gasteiger charge is -2.18. The number of pyridine rings is 1. The first-order valence-corrected chi connectivity index (χ1v) is 6.48. The number of nitrogen functional groups attached to an aromatic ring is 1. The van der Waals surface area contributed by atoms with Gasteiger partial charge in [-0.15, -0.1) is 0 Å². The standard InChI is InChI=1S/C13H12BrFN4O/c1-19(10-4-2-3-9(15)6-10)13(20)11-5-8(14)7-17-12(11)18-16/h2-7H,16H2,1H3,(H,17,18). The number of halogens is 2. The van der Waals surface area contributed by atoms with E-state index < -0.39 is 5.82 Å². The van der Waals surface area contributed by atoms with Crippen LogP contribution in [0.4, 0.5) is 15.9 Å². The summed E-state index contributed by atoms with van der Waals surface area (Å²) in [5, 5.41) is 0. The maximum atomic E-state index is 13.2. The third-order valence-corrected chi connectivity index (χ3v) is 3.16. The first-order chi connectivity index (χ1) is 9.52. The summed E-state index contributed by atoms with van der Waals surface area (Å²) in [5.74, 6) is 4.83. The average molecular weight is 339 g/mol. The van der Waals surface area contributed by atoms with E-state index in [1.165, 1.54) is 29.3 Å². The van der Waals surface area contributed by atoms with Crippen molar-refractivity contribution in [3.8, 4) is 0 Å². The van der Waals surface area contributed by atoms with Crippen LogP contribution in [0, 0.1) is 5.82 Å². The number of amides is 1. The van der Waals surface area contributed by atoms with Crippen molar-refractivity contribution in [2.75, 3.05) is 17.4 Å². The first-order valence-electron chi connectivity index (χ1n) is 5.68. The first kappa shape index (κ1) is 14.4. The van der Waals surface area contributed by atoms with Crippen molar-refractivity contribution < 1.29 is 9.18 Å². The van der Waals surface area contributed by atoms with Gasteiger partial charge in [0.05, 0.1) is 5.56 Å². The van der Waals surface area contributed by atoms with E-state index in [0.717, 1.165) is 0 Å². The van der Waals surface area contributed by atoms with Gasteiger partial charge in [0.1, 0.15) is 5.82 Å². The van der Waals surface area contributed by atoms with Gasteiger partial charge in [-0.05, 0) is 40.2 Å². The van der Waals surface area contributed by atoms with Gasteiger partial charge in [-0.25, -0.2) is 15.2 Å². The van der Waals surface area contributed by atoms with Crippen LogP contribution in [0.25, 0.3) is 0 Å². The van der Waals surface area contributed by atoms with Crippen molar-refractivity contribution in [1.82, 2.24) is 4.98 Å². The Bertz CT molecular complexity index is 650. The van der Waals surface area contributed by atoms with Gasteiger partial charge in [-0.3, -0.25) is 4.79 Å². The van der Waals surface area contributed by atoms with E-state index in [4.69, 9.17) is 5.84 Å². The van der Waals surface area contributed by atoms with Crippen molar-refractivity contribution in [1.29, 1.82) is 0 Å². The smallest absolute Gasteiger partial charge is 0.261 e. The predicted molar refractivity (Wildman–Crippen MR) is 78.9 cm³/mol. The van der Waals surface area contributed by atoms with E-state index >= 15 is 0 Å². The molecule has 1 heterocycles. The highest BCUT2D eigenvalue weighted by Gasteiger charge is 2.18. The number of hydrazine groups is 1. The zero-order valence-corrected chi connectivity index (χ0v) is 12.2. The number of hydrogen-bond acceptors (Lipinski definition) is 4. The van der Waals surface area contributed by atoms with Crippen LogP contribution in [0.3, 0.4) is 0 Å². The molecule has 0 radical (unpaired) electrons. The van der Waals surface area contributed by atoms with E-state index in [-0.39, 0.29) is 17.3 Å². The molecule has 2 aromatic rings. The third-order valence-electron chi connectivity index (χ3n) is 2.72. The number of anilines is 2. The number of rotatable bonds is 3. The van der Waals surface area contributed by atoms with Crippen LogP contribution in [0.15, 0.2) is 41.0 Å². The lowest BCUT2D eigenvalue weighted by Crippen LogP contribution is -2.28. The molecule has 0 aliphatic heterocycles. The molecule has 0 saturated heterocycles. The van der Waals surface area contributed by atoms with Gasteiger partial charge in [0.25, 0.3) is 5.91 Å². The summed E-state index contributed by atoms with van der Waals surface area (Å²) in [5.41, 5.74) is 3.10. The molecular weight excluding hydrogens is 327 g/mol. The molecule has 7 heteroatoms. The lowest BCUT2D eigenvalue weighted by molar-refractivity contribution is 0.0993. The van der Waals surface area contributed by atoms with Gasteiger partial charge >= 0.3 is 0 Å². The van der Waals surface area contributed by atoms with Gasteiger partial charge in [0.15, 0.2) is 5.82 Å². The summed E-state index contributed by atoms with van der Waals surface area (Å²) in [6.07, 6.45) is 1.52. The summed E-state index contributed by atoms with van der Waals surface area (Å²) in [6.45, 7) is 0. The fraction of sp³-hybridized carbons (Fsp3) is 0.0769. The summed E-state index contributed by atoms with van der Waals surface area (Å²) >= 11 is 3.25. The number of nitrogens with zero attached hydrogens (tertiary/aromatic N) is 2. The summed E-state index contributed by atoms with van der Waals surface area (Å²) in [4.78, 5) is 17.8. The summed E-state index contributed by atoms with van der Waals surface area (Å²) in [7, 11) is 1.55. The number of hydrogen-bond donors (Lipinski definition) is 2. The number of benzene rings is 1. The van der Waals surface area contributed by atoms with Gasteiger partial charge in [-0.1, -0.05) is 6.07 Å². The Morgan fingerprint density at radius 3 is 2.85 bits per heavy atom. The SMILES string of the molecule is CN(C(=O)c1cc(Br)cnc1NN)c1cccc(F)c1. The molecule has 5 nitrogen and oxygen atoms in total. The Morgan fingerprint density at radius 2 is 2.20 bits per heavy atom. The summed E-state index contributed by atoms with van der Waals surface area (Å²) < 4.78 is 13.9. The zero-order valence-electron chi connectivity index (χ0n) is 10.6. The lowest BCUT2D eigenvalue weighted by atomic mass is 10.2. The van der Waals surface area contributed by atoms with Crippen molar-refractivity contribution >= 4 is 33.3 Å². The highest BCUT2D eigenvalue weighted by atomic mass is 79.9. The van der Waals surface area contributed by atoms with Crippen molar-refractivity contribution in [3.63, 3.8) is 0 Å². The summed E-state index contributed by atoms with van der Waals surface area (Å²) in [6, 6.07) is 7.37. The molecule has 1 amide bonds. The molecule has 0 spiro atoms. The minimum absolute atomic E-state index is 0.251. The van der Waals surface area contributed by atoms with Gasteiger partial charge in [0.2, 0.25) is 0 Å². The second-order valence-electron chi connectivity index (χ2n) is 4.04. The quantitative estimate of drug-likeness (QED) is 0.666. The number of carbonyl (C=O) groups excluding carboxylic acids is 1. The fourth-order valence-corrected chi connectivity index (χ4v) is 2.03. The van der Waals surface area contributed by atoms with Crippen LogP contribution in [0.2, 0.25) is 0 Å². The predicted octanol–water partition coefficient (Wildman–Crippen LogP) is 2.55. The molecule has 1 aromatic carbocycles. The number of aromatic nitrogens is 1. The van der Waals surface area contributed by atoms with Crippen LogP contribution in [0.1, 0.15) is 10.4 Å². The van der Waals surface area contributed by atoms with Crippen LogP contribution < -0.4 is 16.2 Å². The number of nitrogens with one attached hydrogen (secondary N) is 1. The van der Waals surface area contributed by atoms with Gasteiger partial charge in [0, 0.05) is 23.4 Å². The second-order valence-corrected chi connectivity index (χ2v) is 4.95. The maximum absolute atomic E-state index is 13.2. The molecule has 1 aromatic heterocycles. The van der Waals surface area contributed by atoms with Crippen LogP contribution >= 0.6 is 15.9 Å². The van der Waals surface area contributed by atoms with E-state index in [2.05, 4.69) is 26.3 Å². The van der Waals surface area contributed by atoms with Crippen molar-refractivity contribution in [2.24, 2.45) is 5.84 Å². The Morgan fingerprint density at radius 1 is 1.45 bits per heavy atom. The monoisotopic (exact) mass is 338 g/mol. The second kappa shape index (κ2) is 5.98. The van der Waals surface area contributed by atoms with Crippen LogP contribution in [-0.2, 0) is 0 Å². The molecule has 0 aliphatic carbocycles. The minimum Gasteiger partial charge on any atom is -0.311 e. The number of carbonyl (C=O) groups is 1. The third kappa shape index (κ3) is 2.94.